The van der Waals surface area contributed by atoms with Crippen molar-refractivity contribution in [2.24, 2.45) is 5.92 Å². The van der Waals surface area contributed by atoms with Crippen molar-refractivity contribution in [2.45, 2.75) is 11.8 Å². The van der Waals surface area contributed by atoms with Crippen molar-refractivity contribution >= 4 is 55.1 Å². The second kappa shape index (κ2) is 9.22. The fraction of sp³-hybridized carbons (Fsp3) is 0.0732. The molecule has 0 aromatic heterocycles. The molecule has 7 aromatic rings. The van der Waals surface area contributed by atoms with Gasteiger partial charge in [0.05, 0.1) is 0 Å². The van der Waals surface area contributed by atoms with E-state index in [4.69, 9.17) is 4.52 Å². The van der Waals surface area contributed by atoms with Gasteiger partial charge in [-0.05, 0) is 0 Å². The van der Waals surface area contributed by atoms with Crippen molar-refractivity contribution in [1.82, 2.24) is 0 Å². The van der Waals surface area contributed by atoms with E-state index in [1.54, 1.807) is 0 Å². The molecule has 7 aromatic carbocycles. The molecule has 1 nitrogen and oxygen atoms in total. The van der Waals surface area contributed by atoms with Gasteiger partial charge in [-0.3, -0.25) is 0 Å². The zero-order valence-corrected chi connectivity index (χ0v) is 24.6. The second-order valence-electron chi connectivity index (χ2n) is 12.0. The van der Waals surface area contributed by atoms with Crippen LogP contribution < -0.4 is 15.9 Å². The minimum atomic E-state index is -3.57. The van der Waals surface area contributed by atoms with Gasteiger partial charge >= 0.3 is 253 Å². The van der Waals surface area contributed by atoms with E-state index in [1.807, 2.05) is 0 Å². The number of benzene rings is 7. The summed E-state index contributed by atoms with van der Waals surface area (Å²) in [5, 5.41) is 11.7. The number of allylic oxidation sites excluding steroid dienone is 3. The normalized spacial score (nSPS) is 22.9. The quantitative estimate of drug-likeness (QED) is 0.151. The summed E-state index contributed by atoms with van der Waals surface area (Å²) in [5.41, 5.74) is 1.42. The number of fused-ring (bicyclic) bond motifs is 1. The van der Waals surface area contributed by atoms with Crippen LogP contribution in [0.5, 0.6) is 0 Å². The summed E-state index contributed by atoms with van der Waals surface area (Å²) < 4.78 is 8.18. The standard InChI is InChI=1S/C41H31OP/c1-4-17-32(18-5-1)43(33-19-6-2-7-20-33,34-21-8-3-9-22-34)38-25-11-10-23-36(38)41(42-43)37-28-31-16-12-14-29-26-27-30-15-13-24-35(37)40(30)39(29)31/h1-28,36,38,41H/t36?,38-,41-/m1/s1. The average molecular weight is 571 g/mol. The molecule has 1 aliphatic heterocycles. The first-order chi connectivity index (χ1) is 21.3. The van der Waals surface area contributed by atoms with Gasteiger partial charge in [0.2, 0.25) is 0 Å². The van der Waals surface area contributed by atoms with Crippen molar-refractivity contribution in [2.75, 3.05) is 0 Å². The van der Waals surface area contributed by atoms with Crippen LogP contribution >= 0.6 is 6.83 Å². The van der Waals surface area contributed by atoms with E-state index < -0.39 is 6.83 Å². The fourth-order valence-electron chi connectivity index (χ4n) is 8.37. The molecule has 0 amide bonds. The van der Waals surface area contributed by atoms with Crippen molar-refractivity contribution < 1.29 is 4.52 Å². The second-order valence-corrected chi connectivity index (χ2v) is 16.5. The average Bonchev–Trinajstić information content (AvgIpc) is 3.42. The summed E-state index contributed by atoms with van der Waals surface area (Å²) in [4.78, 5) is 0. The molecule has 206 valence electrons. The van der Waals surface area contributed by atoms with E-state index in [1.165, 1.54) is 53.8 Å². The first-order valence-electron chi connectivity index (χ1n) is 15.2. The van der Waals surface area contributed by atoms with Gasteiger partial charge in [-0.25, -0.2) is 0 Å². The Hall–Kier alpha value is -4.55. The monoisotopic (exact) mass is 570 g/mol. The third kappa shape index (κ3) is 3.19. The summed E-state index contributed by atoms with van der Waals surface area (Å²) in [6.07, 6.45) is 9.21. The molecular weight excluding hydrogens is 539 g/mol. The maximum absolute atomic E-state index is 8.18. The van der Waals surface area contributed by atoms with Crippen LogP contribution in [-0.4, -0.2) is 5.66 Å². The van der Waals surface area contributed by atoms with E-state index in [9.17, 15) is 0 Å². The number of hydrogen-bond donors (Lipinski definition) is 0. The van der Waals surface area contributed by atoms with Crippen LogP contribution in [0, 0.1) is 5.92 Å². The summed E-state index contributed by atoms with van der Waals surface area (Å²) in [5.74, 6) is 0.161. The van der Waals surface area contributed by atoms with Crippen LogP contribution in [0.1, 0.15) is 11.7 Å². The molecule has 0 radical (unpaired) electrons. The first-order valence-corrected chi connectivity index (χ1v) is 17.4. The summed E-state index contributed by atoms with van der Waals surface area (Å²) in [7, 11) is 0. The van der Waals surface area contributed by atoms with Gasteiger partial charge in [-0.2, -0.15) is 0 Å². The van der Waals surface area contributed by atoms with Gasteiger partial charge in [0, 0.05) is 0 Å². The molecule has 1 aliphatic carbocycles. The summed E-state index contributed by atoms with van der Waals surface area (Å²) >= 11 is 0. The van der Waals surface area contributed by atoms with Crippen molar-refractivity contribution in [1.29, 1.82) is 0 Å². The van der Waals surface area contributed by atoms with Crippen LogP contribution in [-0.2, 0) is 4.52 Å². The fourth-order valence-corrected chi connectivity index (χ4v) is 15.2. The van der Waals surface area contributed by atoms with Gasteiger partial charge < -0.3 is 0 Å². The van der Waals surface area contributed by atoms with E-state index in [0.29, 0.717) is 0 Å². The van der Waals surface area contributed by atoms with E-state index in [0.717, 1.165) is 0 Å². The zero-order chi connectivity index (χ0) is 28.5. The molecule has 0 bridgehead atoms. The third-order valence-corrected chi connectivity index (χ3v) is 16.3. The summed E-state index contributed by atoms with van der Waals surface area (Å²) in [6.45, 7) is -3.57. The topological polar surface area (TPSA) is 9.23 Å². The Kier molecular flexibility index (Phi) is 5.36. The Morgan fingerprint density at radius 3 is 1.63 bits per heavy atom. The molecular formula is C41H31OP. The van der Waals surface area contributed by atoms with Crippen LogP contribution in [0.15, 0.2) is 170 Å². The predicted molar refractivity (Wildman–Crippen MR) is 185 cm³/mol. The zero-order valence-electron chi connectivity index (χ0n) is 23.8. The Bertz CT molecular complexity index is 2080. The predicted octanol–water partition coefficient (Wildman–Crippen LogP) is 9.21. The van der Waals surface area contributed by atoms with E-state index >= 15 is 0 Å². The maximum atomic E-state index is 8.18. The molecule has 2 heteroatoms. The molecule has 9 rings (SSSR count). The Morgan fingerprint density at radius 2 is 1.00 bits per heavy atom. The van der Waals surface area contributed by atoms with Crippen LogP contribution in [0.25, 0.3) is 32.3 Å². The van der Waals surface area contributed by atoms with Crippen molar-refractivity contribution in [3.05, 3.63) is 175 Å². The molecule has 0 saturated carbocycles. The Balaban J connectivity index is 1.43. The van der Waals surface area contributed by atoms with Gasteiger partial charge in [0.1, 0.15) is 0 Å². The molecule has 1 unspecified atom stereocenters. The Morgan fingerprint density at radius 1 is 0.465 bits per heavy atom. The Labute approximate surface area is 252 Å². The SMILES string of the molecule is C1=CC2[C@@H](C=C1)P(c1ccccc1)(c1ccccc1)(c1ccccc1)O[C@H]2c1cc2cccc3ccc4cccc1c4c32. The van der Waals surface area contributed by atoms with Gasteiger partial charge in [0.25, 0.3) is 0 Å². The number of hydrogen-bond acceptors (Lipinski definition) is 1. The van der Waals surface area contributed by atoms with Crippen LogP contribution in [0.3, 0.4) is 0 Å². The molecule has 3 atom stereocenters. The van der Waals surface area contributed by atoms with E-state index in [-0.39, 0.29) is 17.7 Å². The van der Waals surface area contributed by atoms with Crippen LogP contribution in [0.2, 0.25) is 0 Å². The molecule has 1 saturated heterocycles. The third-order valence-electron chi connectivity index (χ3n) is 10.1. The minimum absolute atomic E-state index is 0.140. The molecule has 2 aliphatic rings. The first kappa shape index (κ1) is 25.0. The molecule has 0 spiro atoms. The van der Waals surface area contributed by atoms with Gasteiger partial charge in [-0.1, -0.05) is 0 Å². The van der Waals surface area contributed by atoms with Gasteiger partial charge in [-0.15, -0.1) is 0 Å². The molecule has 43 heavy (non-hydrogen) atoms. The van der Waals surface area contributed by atoms with Crippen molar-refractivity contribution in [3.63, 3.8) is 0 Å². The molecule has 1 fully saturated rings. The molecule has 1 heterocycles. The molecule has 0 N–H and O–H groups in total. The number of rotatable bonds is 4. The van der Waals surface area contributed by atoms with Crippen molar-refractivity contribution in [3.8, 4) is 0 Å². The summed E-state index contributed by atoms with van der Waals surface area (Å²) in [6, 6.07) is 53.8. The van der Waals surface area contributed by atoms with Gasteiger partial charge in [0.15, 0.2) is 0 Å². The van der Waals surface area contributed by atoms with E-state index in [2.05, 4.69) is 170 Å². The van der Waals surface area contributed by atoms with Crippen LogP contribution in [0.4, 0.5) is 0 Å².